The van der Waals surface area contributed by atoms with E-state index in [2.05, 4.69) is 32.1 Å². The molecule has 0 radical (unpaired) electrons. The molecule has 1 aromatic carbocycles. The summed E-state index contributed by atoms with van der Waals surface area (Å²) >= 11 is 0. The first-order chi connectivity index (χ1) is 20.1. The Balaban J connectivity index is 1.48. The lowest BCUT2D eigenvalue weighted by atomic mass is 9.86. The molecule has 0 saturated carbocycles. The summed E-state index contributed by atoms with van der Waals surface area (Å²) in [6.07, 6.45) is 6.48. The number of hydrogen-bond acceptors (Lipinski definition) is 7. The lowest BCUT2D eigenvalue weighted by Crippen LogP contribution is -2.47. The zero-order valence-electron chi connectivity index (χ0n) is 24.9. The number of halogens is 1. The van der Waals surface area contributed by atoms with Gasteiger partial charge in [-0.1, -0.05) is 32.8 Å². The van der Waals surface area contributed by atoms with Gasteiger partial charge in [-0.25, -0.2) is 9.37 Å². The number of likely N-dealkylation sites (tertiary alicyclic amines) is 1. The fourth-order valence-corrected chi connectivity index (χ4v) is 5.52. The van der Waals surface area contributed by atoms with Gasteiger partial charge >= 0.3 is 0 Å². The number of aromatic nitrogens is 3. The second kappa shape index (κ2) is 14.1. The lowest BCUT2D eigenvalue weighted by Gasteiger charge is -2.37. The number of imidazole rings is 1. The summed E-state index contributed by atoms with van der Waals surface area (Å²) in [4.78, 5) is 39.2. The Bertz CT molecular complexity index is 1410. The molecule has 3 aromatic rings. The fraction of sp³-hybridized carbons (Fsp3) is 0.531. The Morgan fingerprint density at radius 3 is 2.67 bits per heavy atom. The first-order valence-electron chi connectivity index (χ1n) is 15.1. The highest BCUT2D eigenvalue weighted by molar-refractivity contribution is 6.37. The minimum atomic E-state index is -1.07. The molecule has 4 rings (SSSR count). The number of aromatic amines is 1. The number of unbranched alkanes of at least 4 members (excludes halogenated alkanes) is 2. The first-order valence-corrected chi connectivity index (χ1v) is 15.1. The Labute approximate surface area is 246 Å². The van der Waals surface area contributed by atoms with Crippen molar-refractivity contribution in [3.63, 3.8) is 0 Å². The van der Waals surface area contributed by atoms with Crippen LogP contribution in [0.15, 0.2) is 30.5 Å². The van der Waals surface area contributed by atoms with E-state index in [9.17, 15) is 14.7 Å². The molecular weight excluding hydrogens is 535 g/mol. The van der Waals surface area contributed by atoms with Crippen LogP contribution in [0, 0.1) is 18.2 Å². The maximum absolute atomic E-state index is 15.1. The largest absolute Gasteiger partial charge is 0.389 e. The van der Waals surface area contributed by atoms with Gasteiger partial charge in [0.25, 0.3) is 5.91 Å². The van der Waals surface area contributed by atoms with E-state index in [0.717, 1.165) is 50.0 Å². The zero-order valence-corrected chi connectivity index (χ0v) is 24.9. The van der Waals surface area contributed by atoms with Gasteiger partial charge in [-0.15, -0.1) is 0 Å². The van der Waals surface area contributed by atoms with Crippen LogP contribution in [0.25, 0.3) is 22.2 Å². The van der Waals surface area contributed by atoms with Crippen molar-refractivity contribution in [3.8, 4) is 11.3 Å². The molecule has 1 aliphatic heterocycles. The monoisotopic (exact) mass is 578 g/mol. The molecule has 0 unspecified atom stereocenters. The number of carbonyl (C=O) groups excluding carboxylic acids is 2. The Kier molecular flexibility index (Phi) is 10.6. The number of benzene rings is 1. The predicted molar refractivity (Wildman–Crippen MR) is 162 cm³/mol. The number of nitrogens with zero attached hydrogens (tertiary/aromatic N) is 3. The van der Waals surface area contributed by atoms with Gasteiger partial charge in [0.2, 0.25) is 0 Å². The van der Waals surface area contributed by atoms with Crippen molar-refractivity contribution in [1.82, 2.24) is 25.2 Å². The third-order valence-corrected chi connectivity index (χ3v) is 8.29. The van der Waals surface area contributed by atoms with Gasteiger partial charge in [-0.2, -0.15) is 0 Å². The van der Waals surface area contributed by atoms with Gasteiger partial charge in [-0.05, 0) is 51.3 Å². The van der Waals surface area contributed by atoms with Crippen LogP contribution in [0.2, 0.25) is 0 Å². The van der Waals surface area contributed by atoms with Crippen LogP contribution >= 0.6 is 0 Å². The van der Waals surface area contributed by atoms with Crippen LogP contribution in [0.4, 0.5) is 4.39 Å². The van der Waals surface area contributed by atoms with Crippen LogP contribution < -0.4 is 5.32 Å². The Morgan fingerprint density at radius 1 is 1.19 bits per heavy atom. The summed E-state index contributed by atoms with van der Waals surface area (Å²) in [6, 6.07) is 6.37. The number of carbonyl (C=O) groups is 2. The highest BCUT2D eigenvalue weighted by Gasteiger charge is 2.34. The van der Waals surface area contributed by atoms with Crippen molar-refractivity contribution in [2.24, 2.45) is 0 Å². The van der Waals surface area contributed by atoms with Crippen molar-refractivity contribution in [3.05, 3.63) is 47.8 Å². The molecule has 3 heterocycles. The molecule has 0 spiro atoms. The SMILES string of the molecule is CCC(=O)CCCCC[C@H](NC(=O)C(=N)CC1(O)CCN(CC)CC1)c1ncc(-c2cc3ccc(C)nc3cc2F)[nH]1. The number of rotatable bonds is 14. The van der Waals surface area contributed by atoms with Crippen molar-refractivity contribution < 1.29 is 19.1 Å². The Morgan fingerprint density at radius 2 is 1.95 bits per heavy atom. The van der Waals surface area contributed by atoms with Gasteiger partial charge in [0.1, 0.15) is 17.4 Å². The molecule has 1 saturated heterocycles. The molecule has 10 heteroatoms. The highest BCUT2D eigenvalue weighted by Crippen LogP contribution is 2.29. The summed E-state index contributed by atoms with van der Waals surface area (Å²) < 4.78 is 15.1. The molecule has 4 N–H and O–H groups in total. The third kappa shape index (κ3) is 8.07. The van der Waals surface area contributed by atoms with E-state index >= 15 is 4.39 Å². The van der Waals surface area contributed by atoms with Gasteiger partial charge in [0.15, 0.2) is 0 Å². The van der Waals surface area contributed by atoms with Crippen LogP contribution in [0.1, 0.15) is 89.2 Å². The molecule has 1 amide bonds. The molecule has 1 aliphatic rings. The topological polar surface area (TPSA) is 135 Å². The summed E-state index contributed by atoms with van der Waals surface area (Å²) in [5.41, 5.74) is 0.966. The maximum Gasteiger partial charge on any atom is 0.265 e. The Hall–Kier alpha value is -3.50. The summed E-state index contributed by atoms with van der Waals surface area (Å²) in [5.74, 6) is -0.286. The van der Waals surface area contributed by atoms with Crippen molar-refractivity contribution in [2.45, 2.75) is 90.2 Å². The predicted octanol–water partition coefficient (Wildman–Crippen LogP) is 5.42. The smallest absolute Gasteiger partial charge is 0.265 e. The van der Waals surface area contributed by atoms with Crippen molar-refractivity contribution >= 4 is 28.3 Å². The molecular formula is C32H43FN6O3. The number of H-pyrrole nitrogens is 1. The minimum absolute atomic E-state index is 0.0124. The van der Waals surface area contributed by atoms with E-state index in [4.69, 9.17) is 5.41 Å². The zero-order chi connectivity index (χ0) is 30.3. The van der Waals surface area contributed by atoms with Crippen LogP contribution in [0.3, 0.4) is 0 Å². The van der Waals surface area contributed by atoms with Crippen molar-refractivity contribution in [1.29, 1.82) is 5.41 Å². The number of nitrogens with one attached hydrogen (secondary N) is 3. The number of amides is 1. The second-order valence-corrected chi connectivity index (χ2v) is 11.5. The van der Waals surface area contributed by atoms with Crippen LogP contribution in [0.5, 0.6) is 0 Å². The number of Topliss-reactive ketones (excluding diaryl/α,β-unsaturated/α-hetero) is 1. The van der Waals surface area contributed by atoms with Gasteiger partial charge in [0, 0.05) is 55.1 Å². The summed E-state index contributed by atoms with van der Waals surface area (Å²) in [5, 5.41) is 23.2. The average molecular weight is 579 g/mol. The molecule has 9 nitrogen and oxygen atoms in total. The van der Waals surface area contributed by atoms with Gasteiger partial charge < -0.3 is 20.3 Å². The van der Waals surface area contributed by atoms with E-state index in [1.165, 1.54) is 6.07 Å². The second-order valence-electron chi connectivity index (χ2n) is 11.5. The number of ketones is 1. The standard InChI is InChI=1S/C32H43FN6O3/c1-4-23(40)9-7-6-8-10-27(38-31(41)26(34)19-32(42)13-15-39(5-2)16-14-32)30-35-20-29(37-30)24-17-22-12-11-21(3)36-28(22)18-25(24)33/h11-12,17-18,20,27,34,42H,4-10,13-16,19H2,1-3H3,(H,35,37)(H,38,41)/t27-/m0/s1. The molecule has 0 aliphatic carbocycles. The molecule has 42 heavy (non-hydrogen) atoms. The van der Waals surface area contributed by atoms with Gasteiger partial charge in [-0.3, -0.25) is 20.0 Å². The third-order valence-electron chi connectivity index (χ3n) is 8.29. The average Bonchev–Trinajstić information content (AvgIpc) is 3.46. The molecule has 2 aromatic heterocycles. The van der Waals surface area contributed by atoms with E-state index in [-0.39, 0.29) is 17.9 Å². The van der Waals surface area contributed by atoms with E-state index < -0.39 is 23.4 Å². The normalized spacial score (nSPS) is 15.9. The lowest BCUT2D eigenvalue weighted by molar-refractivity contribution is -0.119. The van der Waals surface area contributed by atoms with E-state index in [1.807, 2.05) is 26.0 Å². The van der Waals surface area contributed by atoms with E-state index in [1.54, 1.807) is 12.3 Å². The molecule has 0 bridgehead atoms. The number of piperidine rings is 1. The molecule has 226 valence electrons. The highest BCUT2D eigenvalue weighted by atomic mass is 19.1. The molecule has 1 fully saturated rings. The van der Waals surface area contributed by atoms with Crippen molar-refractivity contribution in [2.75, 3.05) is 19.6 Å². The quantitative estimate of drug-likeness (QED) is 0.149. The van der Waals surface area contributed by atoms with Gasteiger partial charge in [0.05, 0.1) is 34.8 Å². The summed E-state index contributed by atoms with van der Waals surface area (Å²) in [6.45, 7) is 8.18. The fourth-order valence-electron chi connectivity index (χ4n) is 5.52. The molecule has 1 atom stereocenters. The maximum atomic E-state index is 15.1. The number of pyridine rings is 1. The number of aliphatic hydroxyl groups is 1. The number of aryl methyl sites for hydroxylation is 1. The van der Waals surface area contributed by atoms with E-state index in [0.29, 0.717) is 54.7 Å². The number of fused-ring (bicyclic) bond motifs is 1. The van der Waals surface area contributed by atoms with Crippen LogP contribution in [-0.4, -0.2) is 67.6 Å². The first kappa shape index (κ1) is 31.4. The summed E-state index contributed by atoms with van der Waals surface area (Å²) in [7, 11) is 0. The minimum Gasteiger partial charge on any atom is -0.389 e. The van der Waals surface area contributed by atoms with Crippen LogP contribution in [-0.2, 0) is 9.59 Å². The number of hydrogen-bond donors (Lipinski definition) is 4.